The van der Waals surface area contributed by atoms with E-state index in [1.807, 2.05) is 12.1 Å². The summed E-state index contributed by atoms with van der Waals surface area (Å²) < 4.78 is 5.02. The number of oxime groups is 1. The molecule has 0 N–H and O–H groups in total. The monoisotopic (exact) mass is 325 g/mol. The van der Waals surface area contributed by atoms with E-state index in [-0.39, 0.29) is 11.5 Å². The van der Waals surface area contributed by atoms with Crippen LogP contribution < -0.4 is 0 Å². The number of carbonyl (C=O) groups is 2. The second kappa shape index (κ2) is 8.74. The summed E-state index contributed by atoms with van der Waals surface area (Å²) in [4.78, 5) is 29.6. The van der Waals surface area contributed by atoms with Gasteiger partial charge in [-0.25, -0.2) is 4.79 Å². The van der Waals surface area contributed by atoms with Crippen molar-refractivity contribution in [2.75, 3.05) is 7.11 Å². The summed E-state index contributed by atoms with van der Waals surface area (Å²) in [5, 5.41) is 3.82. The zero-order valence-electron chi connectivity index (χ0n) is 13.6. The van der Waals surface area contributed by atoms with Crippen molar-refractivity contribution in [1.29, 1.82) is 0 Å². The fourth-order valence-corrected chi connectivity index (χ4v) is 2.13. The van der Waals surface area contributed by atoms with Crippen LogP contribution in [0.5, 0.6) is 0 Å². The number of hydrogen-bond acceptors (Lipinski definition) is 5. The Morgan fingerprint density at radius 2 is 1.50 bits per heavy atom. The van der Waals surface area contributed by atoms with Crippen molar-refractivity contribution in [2.24, 2.45) is 5.16 Å². The number of rotatable bonds is 7. The normalized spacial score (nSPS) is 12.5. The van der Waals surface area contributed by atoms with E-state index in [0.29, 0.717) is 17.5 Å². The Balaban J connectivity index is 2.32. The molecule has 0 aromatic heterocycles. The molecule has 24 heavy (non-hydrogen) atoms. The Bertz CT molecular complexity index is 707. The molecule has 0 amide bonds. The number of carbonyl (C=O) groups excluding carboxylic acids is 2. The molecular weight excluding hydrogens is 306 g/mol. The molecule has 0 aliphatic heterocycles. The Morgan fingerprint density at radius 3 is 2.00 bits per heavy atom. The third-order valence-corrected chi connectivity index (χ3v) is 3.44. The molecule has 0 heterocycles. The van der Waals surface area contributed by atoms with Crippen molar-refractivity contribution in [3.8, 4) is 0 Å². The van der Waals surface area contributed by atoms with E-state index in [1.54, 1.807) is 55.5 Å². The van der Waals surface area contributed by atoms with E-state index >= 15 is 0 Å². The summed E-state index contributed by atoms with van der Waals surface area (Å²) >= 11 is 0. The van der Waals surface area contributed by atoms with Gasteiger partial charge in [-0.1, -0.05) is 72.7 Å². The van der Waals surface area contributed by atoms with Gasteiger partial charge >= 0.3 is 5.97 Å². The molecule has 1 unspecified atom stereocenters. The van der Waals surface area contributed by atoms with Crippen molar-refractivity contribution in [1.82, 2.24) is 0 Å². The molecule has 0 bridgehead atoms. The van der Waals surface area contributed by atoms with Crippen LogP contribution in [0.15, 0.2) is 65.8 Å². The lowest BCUT2D eigenvalue weighted by atomic mass is 10.0. The highest BCUT2D eigenvalue weighted by Gasteiger charge is 2.21. The molecule has 0 radical (unpaired) electrons. The van der Waals surface area contributed by atoms with Crippen LogP contribution in [-0.2, 0) is 14.4 Å². The predicted molar refractivity (Wildman–Crippen MR) is 90.9 cm³/mol. The number of Topliss-reactive ketones (excluding diaryl/α,β-unsaturated/α-hetero) is 1. The first-order chi connectivity index (χ1) is 11.7. The molecule has 0 aliphatic rings. The maximum Gasteiger partial charge on any atom is 0.363 e. The number of ether oxygens (including phenoxy) is 1. The predicted octanol–water partition coefficient (Wildman–Crippen LogP) is 3.24. The fraction of sp³-hybridized carbons (Fsp3) is 0.211. The zero-order valence-corrected chi connectivity index (χ0v) is 13.6. The zero-order chi connectivity index (χ0) is 17.4. The van der Waals surface area contributed by atoms with Gasteiger partial charge in [-0.05, 0) is 6.42 Å². The second-order valence-corrected chi connectivity index (χ2v) is 5.04. The molecule has 124 valence electrons. The van der Waals surface area contributed by atoms with Crippen LogP contribution in [0.25, 0.3) is 0 Å². The van der Waals surface area contributed by atoms with E-state index in [1.165, 1.54) is 7.11 Å². The molecule has 0 fully saturated rings. The van der Waals surface area contributed by atoms with E-state index in [9.17, 15) is 9.59 Å². The Labute approximate surface area is 140 Å². The van der Waals surface area contributed by atoms with Crippen molar-refractivity contribution in [3.05, 3.63) is 71.8 Å². The minimum Gasteiger partial charge on any atom is -0.370 e. The third-order valence-electron chi connectivity index (χ3n) is 3.44. The SMILES string of the molecule is CCC(OC)C(=O)ON=C(C(=O)c1ccccc1)c1ccccc1. The van der Waals surface area contributed by atoms with Gasteiger partial charge in [0.1, 0.15) is 0 Å². The van der Waals surface area contributed by atoms with Gasteiger partial charge < -0.3 is 9.57 Å². The number of hydrogen-bond donors (Lipinski definition) is 0. The highest BCUT2D eigenvalue weighted by molar-refractivity contribution is 6.51. The molecule has 1 atom stereocenters. The highest BCUT2D eigenvalue weighted by Crippen LogP contribution is 2.10. The van der Waals surface area contributed by atoms with Crippen molar-refractivity contribution in [3.63, 3.8) is 0 Å². The van der Waals surface area contributed by atoms with Crippen molar-refractivity contribution in [2.45, 2.75) is 19.4 Å². The van der Waals surface area contributed by atoms with Gasteiger partial charge in [0.05, 0.1) is 0 Å². The van der Waals surface area contributed by atoms with Crippen LogP contribution in [0.2, 0.25) is 0 Å². The second-order valence-electron chi connectivity index (χ2n) is 5.04. The first kappa shape index (κ1) is 17.6. The molecule has 5 nitrogen and oxygen atoms in total. The summed E-state index contributed by atoms with van der Waals surface area (Å²) in [6.45, 7) is 1.80. The molecule has 2 aromatic carbocycles. The lowest BCUT2D eigenvalue weighted by Gasteiger charge is -2.10. The van der Waals surface area contributed by atoms with E-state index in [4.69, 9.17) is 9.57 Å². The van der Waals surface area contributed by atoms with Gasteiger partial charge in [-0.3, -0.25) is 4.79 Å². The van der Waals surface area contributed by atoms with E-state index < -0.39 is 12.1 Å². The molecule has 0 aliphatic carbocycles. The third kappa shape index (κ3) is 4.36. The van der Waals surface area contributed by atoms with Gasteiger partial charge in [0.15, 0.2) is 11.8 Å². The average molecular weight is 325 g/mol. The highest BCUT2D eigenvalue weighted by atomic mass is 16.7. The van der Waals surface area contributed by atoms with E-state index in [0.717, 1.165) is 0 Å². The molecule has 5 heteroatoms. The maximum atomic E-state index is 12.7. The lowest BCUT2D eigenvalue weighted by molar-refractivity contribution is -0.155. The first-order valence-electron chi connectivity index (χ1n) is 7.64. The maximum absolute atomic E-state index is 12.7. The number of ketones is 1. The summed E-state index contributed by atoms with van der Waals surface area (Å²) in [6.07, 6.45) is -0.254. The van der Waals surface area contributed by atoms with Crippen molar-refractivity contribution < 1.29 is 19.2 Å². The van der Waals surface area contributed by atoms with Crippen LogP contribution >= 0.6 is 0 Å². The van der Waals surface area contributed by atoms with Crippen molar-refractivity contribution >= 4 is 17.5 Å². The summed E-state index contributed by atoms with van der Waals surface area (Å²) in [5.41, 5.74) is 1.11. The number of methoxy groups -OCH3 is 1. The largest absolute Gasteiger partial charge is 0.370 e. The van der Waals surface area contributed by atoms with Crippen LogP contribution in [0, 0.1) is 0 Å². The van der Waals surface area contributed by atoms with Gasteiger partial charge in [0, 0.05) is 18.2 Å². The fourth-order valence-electron chi connectivity index (χ4n) is 2.13. The van der Waals surface area contributed by atoms with Crippen LogP contribution in [0.3, 0.4) is 0 Å². The summed E-state index contributed by atoms with van der Waals surface area (Å²) in [5.74, 6) is -0.950. The Hall–Kier alpha value is -2.79. The number of nitrogens with zero attached hydrogens (tertiary/aromatic N) is 1. The summed E-state index contributed by atoms with van der Waals surface area (Å²) in [6, 6.07) is 17.6. The molecule has 2 aromatic rings. The molecule has 2 rings (SSSR count). The molecular formula is C19H19NO4. The van der Waals surface area contributed by atoms with Gasteiger partial charge in [-0.2, -0.15) is 0 Å². The Kier molecular flexibility index (Phi) is 6.40. The van der Waals surface area contributed by atoms with Gasteiger partial charge in [0.25, 0.3) is 0 Å². The van der Waals surface area contributed by atoms with Crippen LogP contribution in [0.4, 0.5) is 0 Å². The van der Waals surface area contributed by atoms with Gasteiger partial charge in [0.2, 0.25) is 5.78 Å². The molecule has 0 saturated heterocycles. The molecule has 0 spiro atoms. The van der Waals surface area contributed by atoms with Gasteiger partial charge in [-0.15, -0.1) is 0 Å². The van der Waals surface area contributed by atoms with Crippen LogP contribution in [-0.4, -0.2) is 30.7 Å². The molecule has 0 saturated carbocycles. The first-order valence-corrected chi connectivity index (χ1v) is 7.64. The lowest BCUT2D eigenvalue weighted by Crippen LogP contribution is -2.24. The minimum atomic E-state index is -0.711. The average Bonchev–Trinajstić information content (AvgIpc) is 2.64. The Morgan fingerprint density at radius 1 is 0.958 bits per heavy atom. The standard InChI is InChI=1S/C19H19NO4/c1-3-16(23-2)19(22)24-20-17(14-10-6-4-7-11-14)18(21)15-12-8-5-9-13-15/h4-13,16H,3H2,1-2H3. The summed E-state index contributed by atoms with van der Waals surface area (Å²) in [7, 11) is 1.42. The van der Waals surface area contributed by atoms with Crippen LogP contribution in [0.1, 0.15) is 29.3 Å². The minimum absolute atomic E-state index is 0.0705. The number of benzene rings is 2. The topological polar surface area (TPSA) is 65.0 Å². The van der Waals surface area contributed by atoms with E-state index in [2.05, 4.69) is 5.16 Å². The quantitative estimate of drug-likeness (QED) is 0.339. The smallest absolute Gasteiger partial charge is 0.363 e.